The summed E-state index contributed by atoms with van der Waals surface area (Å²) in [7, 11) is 0. The lowest BCUT2D eigenvalue weighted by Crippen LogP contribution is -2.41. The predicted molar refractivity (Wildman–Crippen MR) is 110 cm³/mol. The van der Waals surface area contributed by atoms with Gasteiger partial charge >= 0.3 is 17.9 Å². The zero-order chi connectivity index (χ0) is 21.9. The van der Waals surface area contributed by atoms with E-state index in [1.165, 1.54) is 0 Å². The molecule has 7 nitrogen and oxygen atoms in total. The minimum Gasteiger partial charge on any atom is -0.462 e. The second-order valence-corrected chi connectivity index (χ2v) is 7.29. The summed E-state index contributed by atoms with van der Waals surface area (Å²) in [6, 6.07) is 0. The van der Waals surface area contributed by atoms with Crippen molar-refractivity contribution in [3.8, 4) is 0 Å². The highest BCUT2D eigenvalue weighted by molar-refractivity contribution is 5.71. The molecule has 0 heterocycles. The first-order valence-electron chi connectivity index (χ1n) is 11.1. The molecule has 0 saturated carbocycles. The SMILES string of the molecule is CCCCCC(=O)OC[C@H](OC(=O)CCCCC)[C@@H](CO)OC(=O)CCCCC. The van der Waals surface area contributed by atoms with Crippen molar-refractivity contribution in [1.29, 1.82) is 0 Å². The largest absolute Gasteiger partial charge is 0.462 e. The number of carbonyl (C=O) groups is 3. The molecule has 0 bridgehead atoms. The van der Waals surface area contributed by atoms with Crippen LogP contribution in [0.25, 0.3) is 0 Å². The molecular weight excluding hydrogens is 376 g/mol. The first-order chi connectivity index (χ1) is 14.0. The third kappa shape index (κ3) is 14.9. The normalized spacial score (nSPS) is 12.8. The molecule has 0 aliphatic heterocycles. The Morgan fingerprint density at radius 3 is 1.48 bits per heavy atom. The van der Waals surface area contributed by atoms with E-state index in [-0.39, 0.29) is 25.9 Å². The molecule has 0 rings (SSSR count). The quantitative estimate of drug-likeness (QED) is 0.204. The molecule has 7 heteroatoms. The molecule has 29 heavy (non-hydrogen) atoms. The van der Waals surface area contributed by atoms with Crippen LogP contribution in [0.4, 0.5) is 0 Å². The van der Waals surface area contributed by atoms with Gasteiger partial charge in [-0.1, -0.05) is 59.3 Å². The van der Waals surface area contributed by atoms with Crippen molar-refractivity contribution in [1.82, 2.24) is 0 Å². The lowest BCUT2D eigenvalue weighted by atomic mass is 10.2. The maximum atomic E-state index is 12.1. The van der Waals surface area contributed by atoms with Gasteiger partial charge in [-0.05, 0) is 19.3 Å². The summed E-state index contributed by atoms with van der Waals surface area (Å²) < 4.78 is 15.9. The lowest BCUT2D eigenvalue weighted by molar-refractivity contribution is -0.179. The number of hydrogen-bond acceptors (Lipinski definition) is 7. The Bertz CT molecular complexity index is 450. The summed E-state index contributed by atoms with van der Waals surface area (Å²) in [4.78, 5) is 36.0. The monoisotopic (exact) mass is 416 g/mol. The maximum Gasteiger partial charge on any atom is 0.306 e. The summed E-state index contributed by atoms with van der Waals surface area (Å²) in [5, 5.41) is 9.67. The van der Waals surface area contributed by atoms with Crippen LogP contribution in [0, 0.1) is 0 Å². The number of rotatable bonds is 18. The number of esters is 3. The van der Waals surface area contributed by atoms with Gasteiger partial charge in [-0.2, -0.15) is 0 Å². The molecular formula is C22H40O7. The number of unbranched alkanes of at least 4 members (excludes halogenated alkanes) is 6. The van der Waals surface area contributed by atoms with Gasteiger partial charge in [-0.15, -0.1) is 0 Å². The van der Waals surface area contributed by atoms with E-state index in [0.717, 1.165) is 44.9 Å². The molecule has 0 fully saturated rings. The van der Waals surface area contributed by atoms with Gasteiger partial charge in [0.1, 0.15) is 6.61 Å². The lowest BCUT2D eigenvalue weighted by Gasteiger charge is -2.25. The number of ether oxygens (including phenoxy) is 3. The maximum absolute atomic E-state index is 12.1. The van der Waals surface area contributed by atoms with E-state index in [2.05, 4.69) is 0 Å². The zero-order valence-corrected chi connectivity index (χ0v) is 18.5. The Kier molecular flexibility index (Phi) is 17.4. The second-order valence-electron chi connectivity index (χ2n) is 7.29. The molecule has 1 N–H and O–H groups in total. The highest BCUT2D eigenvalue weighted by Gasteiger charge is 2.29. The van der Waals surface area contributed by atoms with Crippen molar-refractivity contribution in [3.63, 3.8) is 0 Å². The van der Waals surface area contributed by atoms with Crippen molar-refractivity contribution in [3.05, 3.63) is 0 Å². The topological polar surface area (TPSA) is 99.1 Å². The van der Waals surface area contributed by atoms with Crippen LogP contribution in [-0.4, -0.2) is 48.4 Å². The van der Waals surface area contributed by atoms with Gasteiger partial charge < -0.3 is 19.3 Å². The van der Waals surface area contributed by atoms with E-state index in [4.69, 9.17) is 14.2 Å². The molecule has 0 aliphatic carbocycles. The minimum absolute atomic E-state index is 0.234. The van der Waals surface area contributed by atoms with Crippen molar-refractivity contribution < 1.29 is 33.7 Å². The Morgan fingerprint density at radius 1 is 0.655 bits per heavy atom. The van der Waals surface area contributed by atoms with Gasteiger partial charge in [-0.3, -0.25) is 14.4 Å². The molecule has 0 amide bonds. The van der Waals surface area contributed by atoms with Crippen LogP contribution >= 0.6 is 0 Å². The Balaban J connectivity index is 4.80. The molecule has 0 spiro atoms. The first-order valence-corrected chi connectivity index (χ1v) is 11.1. The molecule has 0 radical (unpaired) electrons. The number of aliphatic hydroxyl groups is 1. The summed E-state index contributed by atoms with van der Waals surface area (Å²) in [5.74, 6) is -1.30. The minimum atomic E-state index is -1.05. The summed E-state index contributed by atoms with van der Waals surface area (Å²) >= 11 is 0. The number of aliphatic hydroxyl groups excluding tert-OH is 1. The molecule has 0 aromatic rings. The van der Waals surface area contributed by atoms with Crippen LogP contribution in [-0.2, 0) is 28.6 Å². The molecule has 170 valence electrons. The first kappa shape index (κ1) is 27.4. The van der Waals surface area contributed by atoms with E-state index in [1.807, 2.05) is 20.8 Å². The Morgan fingerprint density at radius 2 is 1.07 bits per heavy atom. The highest BCUT2D eigenvalue weighted by Crippen LogP contribution is 2.12. The molecule has 0 aromatic carbocycles. The van der Waals surface area contributed by atoms with Crippen LogP contribution in [0.5, 0.6) is 0 Å². The smallest absolute Gasteiger partial charge is 0.306 e. The Hall–Kier alpha value is -1.63. The molecule has 0 aliphatic rings. The van der Waals surface area contributed by atoms with E-state index in [0.29, 0.717) is 12.8 Å². The standard InChI is InChI=1S/C22H40O7/c1-4-7-10-13-20(24)27-17-19(29-22(26)15-12-9-6-3)18(16-23)28-21(25)14-11-8-5-2/h18-19,23H,4-17H2,1-3H3/t18-,19+/m1/s1. The average molecular weight is 417 g/mol. The second kappa shape index (κ2) is 18.4. The van der Waals surface area contributed by atoms with Crippen LogP contribution < -0.4 is 0 Å². The number of carbonyl (C=O) groups excluding carboxylic acids is 3. The van der Waals surface area contributed by atoms with Crippen LogP contribution in [0.1, 0.15) is 97.8 Å². The van der Waals surface area contributed by atoms with Crippen LogP contribution in [0.15, 0.2) is 0 Å². The van der Waals surface area contributed by atoms with Gasteiger partial charge in [0.05, 0.1) is 6.61 Å². The third-order valence-electron chi connectivity index (χ3n) is 4.52. The number of hydrogen-bond donors (Lipinski definition) is 1. The van der Waals surface area contributed by atoms with E-state index in [1.54, 1.807) is 0 Å². The van der Waals surface area contributed by atoms with Gasteiger partial charge in [-0.25, -0.2) is 0 Å². The van der Waals surface area contributed by atoms with Gasteiger partial charge in [0.2, 0.25) is 0 Å². The fourth-order valence-corrected chi connectivity index (χ4v) is 2.71. The van der Waals surface area contributed by atoms with Crippen molar-refractivity contribution >= 4 is 17.9 Å². The fourth-order valence-electron chi connectivity index (χ4n) is 2.71. The zero-order valence-electron chi connectivity index (χ0n) is 18.5. The molecule has 0 saturated heterocycles. The van der Waals surface area contributed by atoms with Crippen molar-refractivity contribution in [2.75, 3.05) is 13.2 Å². The summed E-state index contributed by atoms with van der Waals surface area (Å²) in [6.45, 7) is 5.36. The molecule has 0 unspecified atom stereocenters. The van der Waals surface area contributed by atoms with E-state index in [9.17, 15) is 19.5 Å². The van der Waals surface area contributed by atoms with Gasteiger partial charge in [0.25, 0.3) is 0 Å². The average Bonchev–Trinajstić information content (AvgIpc) is 2.70. The van der Waals surface area contributed by atoms with Crippen molar-refractivity contribution in [2.45, 2.75) is 110 Å². The summed E-state index contributed by atoms with van der Waals surface area (Å²) in [6.07, 6.45) is 6.48. The van der Waals surface area contributed by atoms with Gasteiger partial charge in [0.15, 0.2) is 12.2 Å². The van der Waals surface area contributed by atoms with E-state index >= 15 is 0 Å². The predicted octanol–water partition coefficient (Wildman–Crippen LogP) is 4.09. The van der Waals surface area contributed by atoms with Crippen LogP contribution in [0.2, 0.25) is 0 Å². The fraction of sp³-hybridized carbons (Fsp3) is 0.864. The summed E-state index contributed by atoms with van der Waals surface area (Å²) in [5.41, 5.74) is 0. The molecule has 2 atom stereocenters. The van der Waals surface area contributed by atoms with E-state index < -0.39 is 36.7 Å². The van der Waals surface area contributed by atoms with Crippen molar-refractivity contribution in [2.24, 2.45) is 0 Å². The van der Waals surface area contributed by atoms with Crippen LogP contribution in [0.3, 0.4) is 0 Å². The Labute approximate surface area is 175 Å². The highest BCUT2D eigenvalue weighted by atomic mass is 16.6. The third-order valence-corrected chi connectivity index (χ3v) is 4.52. The van der Waals surface area contributed by atoms with Gasteiger partial charge in [0, 0.05) is 19.3 Å². The molecule has 0 aromatic heterocycles.